The van der Waals surface area contributed by atoms with E-state index in [1.54, 1.807) is 16.8 Å². The van der Waals surface area contributed by atoms with Crippen molar-refractivity contribution in [1.29, 1.82) is 0 Å². The summed E-state index contributed by atoms with van der Waals surface area (Å²) in [7, 11) is 0. The zero-order valence-corrected chi connectivity index (χ0v) is 18.7. The molecule has 2 aliphatic rings. The van der Waals surface area contributed by atoms with Gasteiger partial charge in [0.15, 0.2) is 0 Å². The highest BCUT2D eigenvalue weighted by Gasteiger charge is 2.26. The van der Waals surface area contributed by atoms with Crippen LogP contribution in [0, 0.1) is 19.7 Å². The minimum Gasteiger partial charge on any atom is -0.322 e. The van der Waals surface area contributed by atoms with Crippen molar-refractivity contribution in [3.8, 4) is 5.69 Å². The van der Waals surface area contributed by atoms with E-state index in [1.807, 2.05) is 19.9 Å². The fraction of sp³-hybridized carbons (Fsp3) is 0.385. The molecule has 32 heavy (non-hydrogen) atoms. The fourth-order valence-electron chi connectivity index (χ4n) is 4.94. The van der Waals surface area contributed by atoms with Gasteiger partial charge >= 0.3 is 0 Å². The van der Waals surface area contributed by atoms with E-state index in [0.29, 0.717) is 11.3 Å². The van der Waals surface area contributed by atoms with Crippen LogP contribution in [-0.4, -0.2) is 39.7 Å². The van der Waals surface area contributed by atoms with Crippen LogP contribution in [0.25, 0.3) is 5.69 Å². The van der Waals surface area contributed by atoms with Crippen LogP contribution in [0.5, 0.6) is 0 Å². The third-order valence-corrected chi connectivity index (χ3v) is 6.98. The Kier molecular flexibility index (Phi) is 5.55. The van der Waals surface area contributed by atoms with Crippen LogP contribution < -0.4 is 5.32 Å². The first-order valence-corrected chi connectivity index (χ1v) is 11.5. The van der Waals surface area contributed by atoms with E-state index in [2.05, 4.69) is 27.4 Å². The Morgan fingerprint density at radius 2 is 1.75 bits per heavy atom. The van der Waals surface area contributed by atoms with Crippen LogP contribution in [0.4, 0.5) is 10.1 Å². The van der Waals surface area contributed by atoms with Gasteiger partial charge in [0.2, 0.25) is 0 Å². The molecule has 166 valence electrons. The lowest BCUT2D eigenvalue weighted by atomic mass is 9.91. The average molecular weight is 433 g/mol. The molecule has 2 heterocycles. The van der Waals surface area contributed by atoms with Gasteiger partial charge in [-0.05, 0) is 87.1 Å². The molecule has 1 amide bonds. The van der Waals surface area contributed by atoms with Crippen molar-refractivity contribution < 1.29 is 9.18 Å². The average Bonchev–Trinajstić information content (AvgIpc) is 2.90. The largest absolute Gasteiger partial charge is 0.322 e. The molecule has 0 radical (unpaired) electrons. The van der Waals surface area contributed by atoms with Crippen molar-refractivity contribution >= 4 is 11.6 Å². The summed E-state index contributed by atoms with van der Waals surface area (Å²) >= 11 is 0. The van der Waals surface area contributed by atoms with Crippen LogP contribution >= 0.6 is 0 Å². The van der Waals surface area contributed by atoms with Crippen LogP contribution in [-0.2, 0) is 12.8 Å². The molecule has 3 aromatic rings. The van der Waals surface area contributed by atoms with E-state index < -0.39 is 0 Å². The first-order chi connectivity index (χ1) is 15.5. The monoisotopic (exact) mass is 432 g/mol. The summed E-state index contributed by atoms with van der Waals surface area (Å²) in [6, 6.07) is 13.2. The lowest BCUT2D eigenvalue weighted by molar-refractivity contribution is 0.102. The molecular weight excluding hydrogens is 403 g/mol. The molecule has 1 aliphatic carbocycles. The number of hydrogen-bond acceptors (Lipinski definition) is 3. The van der Waals surface area contributed by atoms with E-state index in [-0.39, 0.29) is 11.7 Å². The lowest BCUT2D eigenvalue weighted by Gasteiger charge is -2.36. The first-order valence-electron chi connectivity index (χ1n) is 11.5. The molecule has 1 fully saturated rings. The second-order valence-electron chi connectivity index (χ2n) is 8.99. The van der Waals surface area contributed by atoms with Crippen LogP contribution in [0.2, 0.25) is 0 Å². The summed E-state index contributed by atoms with van der Waals surface area (Å²) in [4.78, 5) is 15.8. The predicted octanol–water partition coefficient (Wildman–Crippen LogP) is 4.83. The van der Waals surface area contributed by atoms with E-state index in [1.165, 1.54) is 42.5 Å². The topological polar surface area (TPSA) is 50.2 Å². The fourth-order valence-corrected chi connectivity index (χ4v) is 4.94. The molecule has 0 unspecified atom stereocenters. The van der Waals surface area contributed by atoms with E-state index in [0.717, 1.165) is 49.0 Å². The molecule has 1 saturated carbocycles. The second kappa shape index (κ2) is 8.51. The van der Waals surface area contributed by atoms with Crippen LogP contribution in [0.15, 0.2) is 42.5 Å². The first kappa shape index (κ1) is 20.9. The Balaban J connectivity index is 1.34. The number of aromatic nitrogens is 2. The van der Waals surface area contributed by atoms with Gasteiger partial charge in [0, 0.05) is 24.8 Å². The SMILES string of the molecule is Cc1nn(-c2ccc(F)cc2)c(C)c1C(=O)Nc1ccc2c(c1)CCN(C1CCC1)CC2. The van der Waals surface area contributed by atoms with E-state index in [9.17, 15) is 9.18 Å². The summed E-state index contributed by atoms with van der Waals surface area (Å²) in [5, 5.41) is 7.60. The van der Waals surface area contributed by atoms with Gasteiger partial charge in [-0.2, -0.15) is 5.10 Å². The van der Waals surface area contributed by atoms with Crippen LogP contribution in [0.1, 0.15) is 52.1 Å². The summed E-state index contributed by atoms with van der Waals surface area (Å²) < 4.78 is 15.0. The van der Waals surface area contributed by atoms with Crippen molar-refractivity contribution in [2.45, 2.75) is 52.0 Å². The maximum Gasteiger partial charge on any atom is 0.259 e. The number of rotatable bonds is 4. The Bertz CT molecular complexity index is 1150. The smallest absolute Gasteiger partial charge is 0.259 e. The lowest BCUT2D eigenvalue weighted by Crippen LogP contribution is -2.41. The predicted molar refractivity (Wildman–Crippen MR) is 124 cm³/mol. The quantitative estimate of drug-likeness (QED) is 0.642. The van der Waals surface area contributed by atoms with Gasteiger partial charge in [0.05, 0.1) is 22.6 Å². The highest BCUT2D eigenvalue weighted by Crippen LogP contribution is 2.28. The molecule has 6 heteroatoms. The van der Waals surface area contributed by atoms with E-state index in [4.69, 9.17) is 0 Å². The zero-order valence-electron chi connectivity index (χ0n) is 18.7. The van der Waals surface area contributed by atoms with Gasteiger partial charge in [0.1, 0.15) is 5.82 Å². The maximum atomic E-state index is 13.3. The molecule has 0 atom stereocenters. The molecular formula is C26H29FN4O. The summed E-state index contributed by atoms with van der Waals surface area (Å²) in [5.74, 6) is -0.467. The van der Waals surface area contributed by atoms with Gasteiger partial charge < -0.3 is 5.32 Å². The molecule has 5 nitrogen and oxygen atoms in total. The Labute approximate surface area is 188 Å². The number of aryl methyl sites for hydroxylation is 1. The van der Waals surface area contributed by atoms with Gasteiger partial charge in [-0.25, -0.2) is 9.07 Å². The van der Waals surface area contributed by atoms with Crippen molar-refractivity contribution in [3.63, 3.8) is 0 Å². The molecule has 0 bridgehead atoms. The normalized spacial score (nSPS) is 16.8. The standard InChI is InChI=1S/C26H29FN4O/c1-17-25(18(2)31(29-17)24-10-7-21(27)8-11-24)26(32)28-22-9-6-19-12-14-30(23-4-3-5-23)15-13-20(19)16-22/h6-11,16,23H,3-5,12-15H2,1-2H3,(H,28,32). The Hall–Kier alpha value is -2.99. The number of hydrogen-bond donors (Lipinski definition) is 1. The van der Waals surface area contributed by atoms with Gasteiger partial charge in [0.25, 0.3) is 5.91 Å². The molecule has 0 saturated heterocycles. The molecule has 1 aromatic heterocycles. The molecule has 1 aliphatic heterocycles. The van der Waals surface area contributed by atoms with Crippen molar-refractivity contribution in [1.82, 2.24) is 14.7 Å². The third-order valence-electron chi connectivity index (χ3n) is 6.98. The number of nitrogens with one attached hydrogen (secondary N) is 1. The highest BCUT2D eigenvalue weighted by molar-refractivity contribution is 6.06. The highest BCUT2D eigenvalue weighted by atomic mass is 19.1. The number of nitrogens with zero attached hydrogens (tertiary/aromatic N) is 3. The zero-order chi connectivity index (χ0) is 22.2. The Morgan fingerprint density at radius 3 is 2.44 bits per heavy atom. The number of benzene rings is 2. The van der Waals surface area contributed by atoms with Crippen molar-refractivity contribution in [3.05, 3.63) is 76.4 Å². The molecule has 2 aromatic carbocycles. The van der Waals surface area contributed by atoms with E-state index >= 15 is 0 Å². The summed E-state index contributed by atoms with van der Waals surface area (Å²) in [6.07, 6.45) is 6.13. The third kappa shape index (κ3) is 3.95. The minimum atomic E-state index is -0.299. The summed E-state index contributed by atoms with van der Waals surface area (Å²) in [5.41, 5.74) is 6.21. The summed E-state index contributed by atoms with van der Waals surface area (Å²) in [6.45, 7) is 5.92. The maximum absolute atomic E-state index is 13.3. The molecule has 1 N–H and O–H groups in total. The Morgan fingerprint density at radius 1 is 1.03 bits per heavy atom. The van der Waals surface area contributed by atoms with Crippen molar-refractivity contribution in [2.24, 2.45) is 0 Å². The number of halogens is 1. The number of anilines is 1. The molecule has 0 spiro atoms. The number of amides is 1. The van der Waals surface area contributed by atoms with Gasteiger partial charge in [-0.3, -0.25) is 9.69 Å². The number of fused-ring (bicyclic) bond motifs is 1. The van der Waals surface area contributed by atoms with Gasteiger partial charge in [-0.1, -0.05) is 12.5 Å². The van der Waals surface area contributed by atoms with Crippen LogP contribution in [0.3, 0.4) is 0 Å². The van der Waals surface area contributed by atoms with Gasteiger partial charge in [-0.15, -0.1) is 0 Å². The second-order valence-corrected chi connectivity index (χ2v) is 8.99. The van der Waals surface area contributed by atoms with Crippen molar-refractivity contribution in [2.75, 3.05) is 18.4 Å². The molecule has 5 rings (SSSR count). The number of carbonyl (C=O) groups excluding carboxylic acids is 1. The number of carbonyl (C=O) groups is 1. The minimum absolute atomic E-state index is 0.168.